The smallest absolute Gasteiger partial charge is 0.242 e. The summed E-state index contributed by atoms with van der Waals surface area (Å²) in [5.74, 6) is 0.0955. The molecule has 2 N–H and O–H groups in total. The van der Waals surface area contributed by atoms with Crippen LogP contribution in [0.25, 0.3) is 0 Å². The predicted molar refractivity (Wildman–Crippen MR) is 93.5 cm³/mol. The van der Waals surface area contributed by atoms with Crippen molar-refractivity contribution < 1.29 is 9.59 Å². The number of hydrogen-bond acceptors (Lipinski definition) is 3. The Morgan fingerprint density at radius 1 is 1.33 bits per heavy atom. The lowest BCUT2D eigenvalue weighted by Gasteiger charge is -2.29. The maximum atomic E-state index is 12.6. The molecule has 2 atom stereocenters. The molecule has 2 heterocycles. The van der Waals surface area contributed by atoms with Gasteiger partial charge >= 0.3 is 0 Å². The first kappa shape index (κ1) is 17.0. The van der Waals surface area contributed by atoms with Gasteiger partial charge in [0.15, 0.2) is 0 Å². The summed E-state index contributed by atoms with van der Waals surface area (Å²) in [5.41, 5.74) is 2.63. The van der Waals surface area contributed by atoms with E-state index in [0.717, 1.165) is 32.2 Å². The minimum absolute atomic E-state index is 0.0122. The van der Waals surface area contributed by atoms with Crippen LogP contribution in [0.4, 0.5) is 0 Å². The van der Waals surface area contributed by atoms with Crippen molar-refractivity contribution in [2.45, 2.75) is 51.1 Å². The molecular formula is C19H27N3O2. The van der Waals surface area contributed by atoms with Crippen molar-refractivity contribution in [1.29, 1.82) is 0 Å². The molecule has 1 saturated heterocycles. The SMILES string of the molecule is CCCC(=O)N1CCCC1C(=O)NCC1NCCc2ccccc21. The minimum atomic E-state index is -0.289. The Balaban J connectivity index is 1.59. The molecule has 2 aliphatic heterocycles. The van der Waals surface area contributed by atoms with Gasteiger partial charge in [-0.2, -0.15) is 0 Å². The van der Waals surface area contributed by atoms with Crippen molar-refractivity contribution >= 4 is 11.8 Å². The third kappa shape index (κ3) is 3.61. The summed E-state index contributed by atoms with van der Waals surface area (Å²) in [5, 5.41) is 6.55. The number of amides is 2. The monoisotopic (exact) mass is 329 g/mol. The van der Waals surface area contributed by atoms with Crippen molar-refractivity contribution in [3.8, 4) is 0 Å². The predicted octanol–water partition coefficient (Wildman–Crippen LogP) is 1.78. The van der Waals surface area contributed by atoms with E-state index in [1.54, 1.807) is 4.90 Å². The molecule has 1 fully saturated rings. The lowest BCUT2D eigenvalue weighted by atomic mass is 9.94. The van der Waals surface area contributed by atoms with Gasteiger partial charge in [-0.3, -0.25) is 9.59 Å². The highest BCUT2D eigenvalue weighted by Gasteiger charge is 2.33. The molecule has 5 nitrogen and oxygen atoms in total. The Labute approximate surface area is 143 Å². The zero-order valence-corrected chi connectivity index (χ0v) is 14.4. The van der Waals surface area contributed by atoms with E-state index in [0.29, 0.717) is 19.5 Å². The molecule has 0 saturated carbocycles. The van der Waals surface area contributed by atoms with Crippen molar-refractivity contribution in [3.63, 3.8) is 0 Å². The van der Waals surface area contributed by atoms with Gasteiger partial charge in [-0.25, -0.2) is 0 Å². The molecule has 0 spiro atoms. The first-order valence-corrected chi connectivity index (χ1v) is 9.09. The van der Waals surface area contributed by atoms with Gasteiger partial charge in [-0.15, -0.1) is 0 Å². The van der Waals surface area contributed by atoms with Gasteiger partial charge < -0.3 is 15.5 Å². The van der Waals surface area contributed by atoms with E-state index in [9.17, 15) is 9.59 Å². The van der Waals surface area contributed by atoms with E-state index < -0.39 is 0 Å². The van der Waals surface area contributed by atoms with Crippen LogP contribution in [0.5, 0.6) is 0 Å². The highest BCUT2D eigenvalue weighted by molar-refractivity contribution is 5.88. The standard InChI is InChI=1S/C19H27N3O2/c1-2-6-18(23)22-12-5-9-17(22)19(24)21-13-16-15-8-4-3-7-14(15)10-11-20-16/h3-4,7-8,16-17,20H,2,5-6,9-13H2,1H3,(H,21,24). The number of carbonyl (C=O) groups is 2. The number of rotatable bonds is 5. The van der Waals surface area contributed by atoms with Gasteiger partial charge in [0.1, 0.15) is 6.04 Å². The number of nitrogens with one attached hydrogen (secondary N) is 2. The number of carbonyl (C=O) groups excluding carboxylic acids is 2. The largest absolute Gasteiger partial charge is 0.352 e. The zero-order chi connectivity index (χ0) is 16.9. The van der Waals surface area contributed by atoms with Gasteiger partial charge in [0, 0.05) is 25.6 Å². The fourth-order valence-electron chi connectivity index (χ4n) is 3.79. The van der Waals surface area contributed by atoms with Crippen LogP contribution >= 0.6 is 0 Å². The molecule has 24 heavy (non-hydrogen) atoms. The lowest BCUT2D eigenvalue weighted by molar-refractivity contribution is -0.138. The zero-order valence-electron chi connectivity index (χ0n) is 14.4. The summed E-state index contributed by atoms with van der Waals surface area (Å²) >= 11 is 0. The molecule has 2 aliphatic rings. The Bertz CT molecular complexity index is 602. The molecule has 130 valence electrons. The van der Waals surface area contributed by atoms with Gasteiger partial charge in [-0.05, 0) is 43.4 Å². The third-order valence-electron chi connectivity index (χ3n) is 5.04. The second-order valence-corrected chi connectivity index (χ2v) is 6.70. The maximum Gasteiger partial charge on any atom is 0.242 e. The fourth-order valence-corrected chi connectivity index (χ4v) is 3.79. The molecule has 0 aliphatic carbocycles. The molecule has 1 aromatic rings. The molecule has 1 aromatic carbocycles. The molecule has 0 radical (unpaired) electrons. The van der Waals surface area contributed by atoms with E-state index in [-0.39, 0.29) is 23.9 Å². The van der Waals surface area contributed by atoms with Crippen LogP contribution in [0.2, 0.25) is 0 Å². The number of hydrogen-bond donors (Lipinski definition) is 2. The number of nitrogens with zero attached hydrogens (tertiary/aromatic N) is 1. The average Bonchev–Trinajstić information content (AvgIpc) is 3.10. The second-order valence-electron chi connectivity index (χ2n) is 6.70. The van der Waals surface area contributed by atoms with Crippen LogP contribution in [0.3, 0.4) is 0 Å². The van der Waals surface area contributed by atoms with Gasteiger partial charge in [-0.1, -0.05) is 31.2 Å². The summed E-state index contributed by atoms with van der Waals surface area (Å²) in [6, 6.07) is 8.26. The first-order chi connectivity index (χ1) is 11.7. The quantitative estimate of drug-likeness (QED) is 0.866. The van der Waals surface area contributed by atoms with Gasteiger partial charge in [0.05, 0.1) is 0 Å². The highest BCUT2D eigenvalue weighted by Crippen LogP contribution is 2.23. The normalized spacial score (nSPS) is 23.0. The minimum Gasteiger partial charge on any atom is -0.352 e. The van der Waals surface area contributed by atoms with Crippen LogP contribution < -0.4 is 10.6 Å². The summed E-state index contributed by atoms with van der Waals surface area (Å²) in [6.07, 6.45) is 4.07. The van der Waals surface area contributed by atoms with Crippen LogP contribution in [0.15, 0.2) is 24.3 Å². The van der Waals surface area contributed by atoms with Gasteiger partial charge in [0.2, 0.25) is 11.8 Å². The summed E-state index contributed by atoms with van der Waals surface area (Å²) in [4.78, 5) is 26.5. The van der Waals surface area contributed by atoms with E-state index in [4.69, 9.17) is 0 Å². The Hall–Kier alpha value is -1.88. The van der Waals surface area contributed by atoms with E-state index in [2.05, 4.69) is 28.8 Å². The van der Waals surface area contributed by atoms with E-state index in [1.807, 2.05) is 13.0 Å². The maximum absolute atomic E-state index is 12.6. The highest BCUT2D eigenvalue weighted by atomic mass is 16.2. The number of likely N-dealkylation sites (tertiary alicyclic amines) is 1. The van der Waals surface area contributed by atoms with Gasteiger partial charge in [0.25, 0.3) is 0 Å². The van der Waals surface area contributed by atoms with E-state index in [1.165, 1.54) is 11.1 Å². The summed E-state index contributed by atoms with van der Waals surface area (Å²) in [6.45, 7) is 4.21. The Morgan fingerprint density at radius 3 is 3.00 bits per heavy atom. The summed E-state index contributed by atoms with van der Waals surface area (Å²) in [7, 11) is 0. The molecule has 2 unspecified atom stereocenters. The average molecular weight is 329 g/mol. The lowest BCUT2D eigenvalue weighted by Crippen LogP contribution is -2.48. The van der Waals surface area contributed by atoms with Crippen LogP contribution in [0.1, 0.15) is 49.8 Å². The van der Waals surface area contributed by atoms with Crippen LogP contribution in [-0.4, -0.2) is 42.4 Å². The van der Waals surface area contributed by atoms with Crippen molar-refractivity contribution in [2.75, 3.05) is 19.6 Å². The fraction of sp³-hybridized carbons (Fsp3) is 0.579. The first-order valence-electron chi connectivity index (χ1n) is 9.09. The molecule has 5 heteroatoms. The molecule has 0 aromatic heterocycles. The molecule has 3 rings (SSSR count). The van der Waals surface area contributed by atoms with Crippen molar-refractivity contribution in [1.82, 2.24) is 15.5 Å². The Morgan fingerprint density at radius 2 is 2.17 bits per heavy atom. The van der Waals surface area contributed by atoms with Crippen molar-refractivity contribution in [2.24, 2.45) is 0 Å². The van der Waals surface area contributed by atoms with Crippen LogP contribution in [-0.2, 0) is 16.0 Å². The molecular weight excluding hydrogens is 302 g/mol. The number of fused-ring (bicyclic) bond motifs is 1. The molecule has 0 bridgehead atoms. The second kappa shape index (κ2) is 7.79. The van der Waals surface area contributed by atoms with Crippen molar-refractivity contribution in [3.05, 3.63) is 35.4 Å². The van der Waals surface area contributed by atoms with Crippen LogP contribution in [0, 0.1) is 0 Å². The Kier molecular flexibility index (Phi) is 5.51. The summed E-state index contributed by atoms with van der Waals surface area (Å²) < 4.78 is 0. The molecule has 2 amide bonds. The number of benzene rings is 1. The third-order valence-corrected chi connectivity index (χ3v) is 5.04. The van der Waals surface area contributed by atoms with E-state index >= 15 is 0 Å². The topological polar surface area (TPSA) is 61.4 Å².